The molecule has 0 aliphatic carbocycles. The number of aromatic nitrogens is 2. The molecule has 1 amide bonds. The molecule has 0 fully saturated rings. The van der Waals surface area contributed by atoms with Crippen LogP contribution in [0, 0.1) is 0 Å². The number of methoxy groups -OCH3 is 1. The van der Waals surface area contributed by atoms with Crippen LogP contribution in [0.1, 0.15) is 10.5 Å². The van der Waals surface area contributed by atoms with Gasteiger partial charge < -0.3 is 10.1 Å². The maximum Gasteiger partial charge on any atom is 0.275 e. The predicted octanol–water partition coefficient (Wildman–Crippen LogP) is 3.47. The molecule has 0 aliphatic heterocycles. The summed E-state index contributed by atoms with van der Waals surface area (Å²) < 4.78 is 5.08. The number of rotatable bonds is 4. The van der Waals surface area contributed by atoms with E-state index >= 15 is 0 Å². The molecule has 0 spiro atoms. The number of nitrogens with zero attached hydrogens (tertiary/aromatic N) is 2. The summed E-state index contributed by atoms with van der Waals surface area (Å²) in [6.45, 7) is 0. The number of hydrogen-bond donors (Lipinski definition) is 1. The summed E-state index contributed by atoms with van der Waals surface area (Å²) >= 11 is 1.43. The van der Waals surface area contributed by atoms with E-state index in [0.29, 0.717) is 11.4 Å². The van der Waals surface area contributed by atoms with Gasteiger partial charge in [-0.3, -0.25) is 9.78 Å². The minimum atomic E-state index is -0.235. The zero-order valence-corrected chi connectivity index (χ0v) is 12.6. The van der Waals surface area contributed by atoms with Gasteiger partial charge in [0.1, 0.15) is 16.5 Å². The molecule has 22 heavy (non-hydrogen) atoms. The van der Waals surface area contributed by atoms with Gasteiger partial charge in [0.2, 0.25) is 0 Å². The first-order valence-electron chi connectivity index (χ1n) is 6.57. The van der Waals surface area contributed by atoms with Crippen molar-refractivity contribution in [1.29, 1.82) is 0 Å². The molecular weight excluding hydrogens is 298 g/mol. The molecule has 110 valence electrons. The molecule has 2 heterocycles. The Kier molecular flexibility index (Phi) is 4.11. The van der Waals surface area contributed by atoms with Crippen molar-refractivity contribution < 1.29 is 9.53 Å². The van der Waals surface area contributed by atoms with E-state index in [-0.39, 0.29) is 5.91 Å². The fourth-order valence-corrected chi connectivity index (χ4v) is 2.68. The minimum Gasteiger partial charge on any atom is -0.497 e. The Morgan fingerprint density at radius 3 is 2.55 bits per heavy atom. The number of thiazole rings is 1. The summed E-state index contributed by atoms with van der Waals surface area (Å²) in [5, 5.41) is 5.35. The van der Waals surface area contributed by atoms with E-state index < -0.39 is 0 Å². The lowest BCUT2D eigenvalue weighted by Gasteiger charge is -2.04. The minimum absolute atomic E-state index is 0.235. The van der Waals surface area contributed by atoms with Crippen LogP contribution in [0.5, 0.6) is 5.75 Å². The molecule has 3 aromatic rings. The van der Waals surface area contributed by atoms with Crippen LogP contribution in [-0.4, -0.2) is 23.0 Å². The van der Waals surface area contributed by atoms with Crippen molar-refractivity contribution in [2.24, 2.45) is 0 Å². The molecule has 0 radical (unpaired) electrons. The maximum atomic E-state index is 12.2. The van der Waals surface area contributed by atoms with Gasteiger partial charge in [-0.1, -0.05) is 0 Å². The number of amides is 1. The molecule has 0 saturated heterocycles. The van der Waals surface area contributed by atoms with E-state index in [1.165, 1.54) is 11.3 Å². The number of carbonyl (C=O) groups is 1. The quantitative estimate of drug-likeness (QED) is 0.801. The first-order chi connectivity index (χ1) is 10.8. The smallest absolute Gasteiger partial charge is 0.275 e. The van der Waals surface area contributed by atoms with Gasteiger partial charge in [0.05, 0.1) is 7.11 Å². The highest BCUT2D eigenvalue weighted by Crippen LogP contribution is 2.23. The molecule has 3 rings (SSSR count). The Labute approximate surface area is 131 Å². The SMILES string of the molecule is COc1ccc(NC(=O)c2csc(-c3ccncc3)n2)cc1. The van der Waals surface area contributed by atoms with Crippen LogP contribution in [0.25, 0.3) is 10.6 Å². The summed E-state index contributed by atoms with van der Waals surface area (Å²) in [5.74, 6) is 0.508. The zero-order valence-electron chi connectivity index (χ0n) is 11.8. The Hall–Kier alpha value is -2.73. The normalized spacial score (nSPS) is 10.2. The van der Waals surface area contributed by atoms with Gasteiger partial charge in [0, 0.05) is 29.0 Å². The maximum absolute atomic E-state index is 12.2. The summed E-state index contributed by atoms with van der Waals surface area (Å²) in [6.07, 6.45) is 3.40. The lowest BCUT2D eigenvalue weighted by Crippen LogP contribution is -2.12. The number of ether oxygens (including phenoxy) is 1. The monoisotopic (exact) mass is 311 g/mol. The van der Waals surface area contributed by atoms with Gasteiger partial charge in [0.15, 0.2) is 0 Å². The lowest BCUT2D eigenvalue weighted by atomic mass is 10.3. The van der Waals surface area contributed by atoms with E-state index in [0.717, 1.165) is 16.3 Å². The third-order valence-electron chi connectivity index (χ3n) is 3.01. The van der Waals surface area contributed by atoms with E-state index in [2.05, 4.69) is 15.3 Å². The van der Waals surface area contributed by atoms with Gasteiger partial charge in [-0.15, -0.1) is 11.3 Å². The number of pyridine rings is 1. The molecule has 1 aromatic carbocycles. The Morgan fingerprint density at radius 1 is 1.14 bits per heavy atom. The van der Waals surface area contributed by atoms with Crippen molar-refractivity contribution in [3.05, 3.63) is 59.9 Å². The number of benzene rings is 1. The molecule has 0 atom stereocenters. The van der Waals surface area contributed by atoms with Crippen molar-refractivity contribution in [3.8, 4) is 16.3 Å². The second-order valence-electron chi connectivity index (χ2n) is 4.46. The van der Waals surface area contributed by atoms with Crippen LogP contribution < -0.4 is 10.1 Å². The van der Waals surface area contributed by atoms with Crippen molar-refractivity contribution in [2.45, 2.75) is 0 Å². The highest BCUT2D eigenvalue weighted by Gasteiger charge is 2.12. The molecule has 2 aromatic heterocycles. The van der Waals surface area contributed by atoms with Gasteiger partial charge >= 0.3 is 0 Å². The first kappa shape index (κ1) is 14.2. The van der Waals surface area contributed by atoms with E-state index in [9.17, 15) is 4.79 Å². The average molecular weight is 311 g/mol. The zero-order chi connectivity index (χ0) is 15.4. The standard InChI is InChI=1S/C16H13N3O2S/c1-21-13-4-2-12(3-5-13)18-15(20)14-10-22-16(19-14)11-6-8-17-9-7-11/h2-10H,1H3,(H,18,20). The van der Waals surface area contributed by atoms with Gasteiger partial charge in [-0.05, 0) is 36.4 Å². The molecule has 0 saturated carbocycles. The molecule has 0 aliphatic rings. The molecule has 0 unspecified atom stereocenters. The molecule has 5 nitrogen and oxygen atoms in total. The highest BCUT2D eigenvalue weighted by atomic mass is 32.1. The van der Waals surface area contributed by atoms with Gasteiger partial charge in [-0.25, -0.2) is 4.98 Å². The predicted molar refractivity (Wildman–Crippen MR) is 86.3 cm³/mol. The van der Waals surface area contributed by atoms with Gasteiger partial charge in [0.25, 0.3) is 5.91 Å². The fourth-order valence-electron chi connectivity index (χ4n) is 1.87. The van der Waals surface area contributed by atoms with Crippen LogP contribution in [0.3, 0.4) is 0 Å². The van der Waals surface area contributed by atoms with Crippen LogP contribution >= 0.6 is 11.3 Å². The average Bonchev–Trinajstić information content (AvgIpc) is 3.06. The number of anilines is 1. The highest BCUT2D eigenvalue weighted by molar-refractivity contribution is 7.13. The lowest BCUT2D eigenvalue weighted by molar-refractivity contribution is 0.102. The van der Waals surface area contributed by atoms with Crippen molar-refractivity contribution in [3.63, 3.8) is 0 Å². The van der Waals surface area contributed by atoms with Crippen molar-refractivity contribution >= 4 is 22.9 Å². The second-order valence-corrected chi connectivity index (χ2v) is 5.31. The fraction of sp³-hybridized carbons (Fsp3) is 0.0625. The third-order valence-corrected chi connectivity index (χ3v) is 3.90. The molecule has 0 bridgehead atoms. The number of nitrogens with one attached hydrogen (secondary N) is 1. The Balaban J connectivity index is 1.74. The van der Waals surface area contributed by atoms with Crippen molar-refractivity contribution in [2.75, 3.05) is 12.4 Å². The topological polar surface area (TPSA) is 64.1 Å². The third kappa shape index (κ3) is 3.12. The Bertz CT molecular complexity index is 770. The van der Waals surface area contributed by atoms with Crippen LogP contribution in [-0.2, 0) is 0 Å². The summed E-state index contributed by atoms with van der Waals surface area (Å²) in [6, 6.07) is 10.9. The van der Waals surface area contributed by atoms with Crippen LogP contribution in [0.2, 0.25) is 0 Å². The molecular formula is C16H13N3O2S. The van der Waals surface area contributed by atoms with E-state index in [1.807, 2.05) is 12.1 Å². The largest absolute Gasteiger partial charge is 0.497 e. The number of carbonyl (C=O) groups excluding carboxylic acids is 1. The second kappa shape index (κ2) is 6.36. The number of hydrogen-bond acceptors (Lipinski definition) is 5. The van der Waals surface area contributed by atoms with E-state index in [4.69, 9.17) is 4.74 Å². The molecule has 6 heteroatoms. The van der Waals surface area contributed by atoms with E-state index in [1.54, 1.807) is 49.1 Å². The Morgan fingerprint density at radius 2 is 1.86 bits per heavy atom. The first-order valence-corrected chi connectivity index (χ1v) is 7.45. The molecule has 1 N–H and O–H groups in total. The summed E-state index contributed by atoms with van der Waals surface area (Å²) in [7, 11) is 1.60. The van der Waals surface area contributed by atoms with Crippen LogP contribution in [0.4, 0.5) is 5.69 Å². The summed E-state index contributed by atoms with van der Waals surface area (Å²) in [4.78, 5) is 20.5. The van der Waals surface area contributed by atoms with Crippen molar-refractivity contribution in [1.82, 2.24) is 9.97 Å². The van der Waals surface area contributed by atoms with Crippen LogP contribution in [0.15, 0.2) is 54.2 Å². The summed E-state index contributed by atoms with van der Waals surface area (Å²) in [5.41, 5.74) is 2.04. The van der Waals surface area contributed by atoms with Gasteiger partial charge in [-0.2, -0.15) is 0 Å².